The molecule has 0 bridgehead atoms. The lowest BCUT2D eigenvalue weighted by molar-refractivity contribution is -0.187. The number of aromatic nitrogens is 1. The van der Waals surface area contributed by atoms with Gasteiger partial charge in [-0.1, -0.05) is 32.1 Å². The number of carbonyl (C=O) groups excluding carboxylic acids is 1. The third kappa shape index (κ3) is 3.94. The summed E-state index contributed by atoms with van der Waals surface area (Å²) in [6.45, 7) is 3.90. The van der Waals surface area contributed by atoms with Crippen molar-refractivity contribution in [2.45, 2.75) is 89.9 Å². The fourth-order valence-corrected chi connectivity index (χ4v) is 4.85. The van der Waals surface area contributed by atoms with Crippen molar-refractivity contribution in [1.82, 2.24) is 9.88 Å². The molecule has 0 saturated heterocycles. The van der Waals surface area contributed by atoms with Crippen LogP contribution in [0.2, 0.25) is 0 Å². The van der Waals surface area contributed by atoms with Crippen LogP contribution >= 0.6 is 0 Å². The molecule has 3 rings (SSSR count). The molecule has 2 atom stereocenters. The van der Waals surface area contributed by atoms with E-state index in [1.807, 2.05) is 19.9 Å². The molecule has 146 valence electrons. The molecule has 2 saturated carbocycles. The largest absolute Gasteiger partial charge is 0.393 e. The summed E-state index contributed by atoms with van der Waals surface area (Å²) in [6.07, 6.45) is 3.42. The van der Waals surface area contributed by atoms with Gasteiger partial charge in [-0.2, -0.15) is 13.2 Å². The molecular weight excluding hydrogens is 341 g/mol. The second-order valence-electron chi connectivity index (χ2n) is 7.96. The molecule has 1 N–H and O–H groups in total. The van der Waals surface area contributed by atoms with Gasteiger partial charge in [0.05, 0.1) is 11.5 Å². The van der Waals surface area contributed by atoms with Crippen LogP contribution in [0.4, 0.5) is 13.2 Å². The Hall–Kier alpha value is -1.46. The van der Waals surface area contributed by atoms with E-state index in [-0.39, 0.29) is 12.3 Å². The second-order valence-corrected chi connectivity index (χ2v) is 7.96. The van der Waals surface area contributed by atoms with E-state index in [4.69, 9.17) is 0 Å². The quantitative estimate of drug-likeness (QED) is 0.753. The molecule has 1 amide bonds. The Balaban J connectivity index is 1.77. The van der Waals surface area contributed by atoms with E-state index in [9.17, 15) is 18.0 Å². The van der Waals surface area contributed by atoms with Gasteiger partial charge in [-0.15, -0.1) is 0 Å². The van der Waals surface area contributed by atoms with Crippen LogP contribution in [0.3, 0.4) is 0 Å². The molecule has 2 aliphatic carbocycles. The van der Waals surface area contributed by atoms with Crippen molar-refractivity contribution in [2.24, 2.45) is 5.92 Å². The number of hydrogen-bond acceptors (Lipinski definition) is 1. The first-order valence-electron chi connectivity index (χ1n) is 9.85. The summed E-state index contributed by atoms with van der Waals surface area (Å²) in [6, 6.07) is 1.43. The maximum absolute atomic E-state index is 13.3. The molecule has 1 aromatic heterocycles. The average molecular weight is 370 g/mol. The molecule has 2 fully saturated rings. The van der Waals surface area contributed by atoms with E-state index in [1.54, 1.807) is 0 Å². The molecule has 0 aromatic carbocycles. The molecule has 26 heavy (non-hydrogen) atoms. The summed E-state index contributed by atoms with van der Waals surface area (Å²) in [5.74, 6) is -1.79. The minimum atomic E-state index is -4.25. The van der Waals surface area contributed by atoms with Gasteiger partial charge in [0.15, 0.2) is 0 Å². The van der Waals surface area contributed by atoms with Gasteiger partial charge >= 0.3 is 6.18 Å². The first-order valence-corrected chi connectivity index (χ1v) is 9.85. The lowest BCUT2D eigenvalue weighted by atomic mass is 9.84. The van der Waals surface area contributed by atoms with Gasteiger partial charge in [-0.3, -0.25) is 4.79 Å². The van der Waals surface area contributed by atoms with E-state index < -0.39 is 18.1 Å². The number of nitrogens with zero attached hydrogens (tertiary/aromatic N) is 1. The molecule has 0 radical (unpaired) electrons. The number of aryl methyl sites for hydroxylation is 1. The molecule has 3 nitrogen and oxygen atoms in total. The van der Waals surface area contributed by atoms with Crippen molar-refractivity contribution in [3.05, 3.63) is 23.0 Å². The number of carbonyl (C=O) groups is 1. The van der Waals surface area contributed by atoms with Crippen LogP contribution in [0.5, 0.6) is 0 Å². The van der Waals surface area contributed by atoms with Crippen LogP contribution in [0.25, 0.3) is 0 Å². The highest BCUT2D eigenvalue weighted by Gasteiger charge is 2.46. The Morgan fingerprint density at radius 2 is 1.65 bits per heavy atom. The van der Waals surface area contributed by atoms with Crippen molar-refractivity contribution in [2.75, 3.05) is 0 Å². The summed E-state index contributed by atoms with van der Waals surface area (Å²) < 4.78 is 42.1. The molecule has 6 heteroatoms. The smallest absolute Gasteiger partial charge is 0.349 e. The lowest BCUT2D eigenvalue weighted by Gasteiger charge is -2.33. The zero-order valence-corrected chi connectivity index (χ0v) is 15.7. The molecule has 0 aliphatic heterocycles. The maximum Gasteiger partial charge on any atom is 0.393 e. The van der Waals surface area contributed by atoms with Crippen molar-refractivity contribution in [3.63, 3.8) is 0 Å². The van der Waals surface area contributed by atoms with Crippen LogP contribution in [0.1, 0.15) is 85.6 Å². The minimum absolute atomic E-state index is 0.107. The van der Waals surface area contributed by atoms with Gasteiger partial charge in [0.2, 0.25) is 0 Å². The second kappa shape index (κ2) is 7.65. The van der Waals surface area contributed by atoms with Crippen LogP contribution in [0.15, 0.2) is 6.07 Å². The number of alkyl halides is 3. The van der Waals surface area contributed by atoms with Crippen LogP contribution in [-0.4, -0.2) is 22.7 Å². The number of rotatable bonds is 3. The highest BCUT2D eigenvalue weighted by Crippen LogP contribution is 2.38. The topological polar surface area (TPSA) is 34.0 Å². The van der Waals surface area contributed by atoms with Crippen molar-refractivity contribution < 1.29 is 18.0 Å². The van der Waals surface area contributed by atoms with Crippen LogP contribution < -0.4 is 5.32 Å². The highest BCUT2D eigenvalue weighted by molar-refractivity contribution is 5.96. The van der Waals surface area contributed by atoms with E-state index >= 15 is 0 Å². The Morgan fingerprint density at radius 1 is 1.04 bits per heavy atom. The lowest BCUT2D eigenvalue weighted by Crippen LogP contribution is -2.47. The summed E-state index contributed by atoms with van der Waals surface area (Å²) in [4.78, 5) is 12.8. The van der Waals surface area contributed by atoms with Crippen LogP contribution in [-0.2, 0) is 0 Å². The summed E-state index contributed by atoms with van der Waals surface area (Å²) in [5, 5.41) is 2.70. The molecular formula is C20H29F3N2O. The number of nitrogens with one attached hydrogen (secondary N) is 1. The van der Waals surface area contributed by atoms with Gasteiger partial charge in [0, 0.05) is 23.5 Å². The number of hydrogen-bond donors (Lipinski definition) is 1. The fraction of sp³-hybridized carbons (Fsp3) is 0.750. The molecule has 1 heterocycles. The SMILES string of the molecule is Cc1cc(C(=O)NC2CCCCC2C(F)(F)F)c(C)n1C1CCCCC1. The molecule has 1 aromatic rings. The van der Waals surface area contributed by atoms with E-state index in [0.29, 0.717) is 24.4 Å². The van der Waals surface area contributed by atoms with Gasteiger partial charge < -0.3 is 9.88 Å². The molecule has 0 spiro atoms. The number of amides is 1. The Bertz CT molecular complexity index is 644. The Labute approximate surface area is 153 Å². The van der Waals surface area contributed by atoms with Gasteiger partial charge in [0.1, 0.15) is 0 Å². The fourth-order valence-electron chi connectivity index (χ4n) is 4.85. The summed E-state index contributed by atoms with van der Waals surface area (Å²) >= 11 is 0. The zero-order chi connectivity index (χ0) is 18.9. The van der Waals surface area contributed by atoms with Crippen molar-refractivity contribution in [1.29, 1.82) is 0 Å². The van der Waals surface area contributed by atoms with Gasteiger partial charge in [-0.05, 0) is 45.6 Å². The van der Waals surface area contributed by atoms with Gasteiger partial charge in [0.25, 0.3) is 5.91 Å². The predicted molar refractivity (Wildman–Crippen MR) is 95.3 cm³/mol. The summed E-state index contributed by atoms with van der Waals surface area (Å²) in [7, 11) is 0. The highest BCUT2D eigenvalue weighted by atomic mass is 19.4. The molecule has 2 aliphatic rings. The van der Waals surface area contributed by atoms with E-state index in [2.05, 4.69) is 9.88 Å². The maximum atomic E-state index is 13.3. The normalized spacial score (nSPS) is 25.3. The van der Waals surface area contributed by atoms with Gasteiger partial charge in [-0.25, -0.2) is 0 Å². The Morgan fingerprint density at radius 3 is 2.31 bits per heavy atom. The van der Waals surface area contributed by atoms with Crippen molar-refractivity contribution in [3.8, 4) is 0 Å². The van der Waals surface area contributed by atoms with Crippen molar-refractivity contribution >= 4 is 5.91 Å². The first-order chi connectivity index (χ1) is 12.3. The van der Waals surface area contributed by atoms with Crippen LogP contribution in [0, 0.1) is 19.8 Å². The third-order valence-electron chi connectivity index (χ3n) is 6.17. The van der Waals surface area contributed by atoms with E-state index in [1.165, 1.54) is 19.3 Å². The number of halogens is 3. The van der Waals surface area contributed by atoms with E-state index in [0.717, 1.165) is 30.7 Å². The monoisotopic (exact) mass is 370 g/mol. The molecule has 2 unspecified atom stereocenters. The zero-order valence-electron chi connectivity index (χ0n) is 15.7. The minimum Gasteiger partial charge on any atom is -0.349 e. The Kier molecular flexibility index (Phi) is 5.68. The summed E-state index contributed by atoms with van der Waals surface area (Å²) in [5.41, 5.74) is 2.43. The third-order valence-corrected chi connectivity index (χ3v) is 6.17. The first kappa shape index (κ1) is 19.3. The predicted octanol–water partition coefficient (Wildman–Crippen LogP) is 5.46. The average Bonchev–Trinajstić information content (AvgIpc) is 2.90. The standard InChI is InChI=1S/C20H29F3N2O/c1-13-12-16(14(2)25(13)15-8-4-3-5-9-15)19(26)24-18-11-7-6-10-17(18)20(21,22)23/h12,15,17-18H,3-11H2,1-2H3,(H,24,26).